The van der Waals surface area contributed by atoms with E-state index in [4.69, 9.17) is 9.15 Å². The second-order valence-corrected chi connectivity index (χ2v) is 8.00. The lowest BCUT2D eigenvalue weighted by atomic mass is 10.3. The van der Waals surface area contributed by atoms with Crippen LogP contribution in [0.4, 0.5) is 5.69 Å². The number of nitrogens with zero attached hydrogens (tertiary/aromatic N) is 1. The molecular formula is C20H16N2O5S. The van der Waals surface area contributed by atoms with Gasteiger partial charge in [-0.2, -0.15) is 0 Å². The topological polar surface area (TPSA) is 92.6 Å². The van der Waals surface area contributed by atoms with Gasteiger partial charge in [-0.25, -0.2) is 13.2 Å². The van der Waals surface area contributed by atoms with Crippen molar-refractivity contribution in [1.29, 1.82) is 0 Å². The van der Waals surface area contributed by atoms with Crippen molar-refractivity contribution in [1.82, 2.24) is 4.98 Å². The normalized spacial score (nSPS) is 11.5. The third-order valence-corrected chi connectivity index (χ3v) is 5.99. The van der Waals surface area contributed by atoms with Crippen LogP contribution in [0.5, 0.6) is 11.5 Å². The van der Waals surface area contributed by atoms with Gasteiger partial charge in [0.15, 0.2) is 11.3 Å². The Morgan fingerprint density at radius 2 is 1.68 bits per heavy atom. The highest BCUT2D eigenvalue weighted by molar-refractivity contribution is 7.92. The molecule has 28 heavy (non-hydrogen) atoms. The molecule has 1 heterocycles. The fourth-order valence-electron chi connectivity index (χ4n) is 2.79. The van der Waals surface area contributed by atoms with Crippen molar-refractivity contribution >= 4 is 26.8 Å². The number of anilines is 1. The van der Waals surface area contributed by atoms with E-state index in [-0.39, 0.29) is 10.5 Å². The Bertz CT molecular complexity index is 1290. The van der Waals surface area contributed by atoms with Gasteiger partial charge in [0.2, 0.25) is 0 Å². The number of benzene rings is 3. The summed E-state index contributed by atoms with van der Waals surface area (Å²) in [5.41, 5.74) is 0.981. The van der Waals surface area contributed by atoms with E-state index in [1.54, 1.807) is 36.4 Å². The number of aromatic nitrogens is 1. The van der Waals surface area contributed by atoms with Crippen LogP contribution in [-0.4, -0.2) is 20.4 Å². The number of H-pyrrole nitrogens is 1. The van der Waals surface area contributed by atoms with E-state index in [0.29, 0.717) is 22.7 Å². The zero-order valence-electron chi connectivity index (χ0n) is 14.8. The smallest absolute Gasteiger partial charge is 0.417 e. The van der Waals surface area contributed by atoms with E-state index < -0.39 is 15.8 Å². The molecule has 1 N–H and O–H groups in total. The number of aromatic amines is 1. The number of para-hydroxylation sites is 3. The summed E-state index contributed by atoms with van der Waals surface area (Å²) in [6.07, 6.45) is 0. The maximum absolute atomic E-state index is 13.1. The number of hydrogen-bond acceptors (Lipinski definition) is 5. The van der Waals surface area contributed by atoms with E-state index in [1.807, 2.05) is 18.2 Å². The summed E-state index contributed by atoms with van der Waals surface area (Å²) in [6.45, 7) is 0. The molecule has 142 valence electrons. The van der Waals surface area contributed by atoms with E-state index >= 15 is 0 Å². The molecular weight excluding hydrogens is 380 g/mol. The molecule has 0 bridgehead atoms. The zero-order chi connectivity index (χ0) is 19.7. The van der Waals surface area contributed by atoms with Crippen LogP contribution >= 0.6 is 0 Å². The monoisotopic (exact) mass is 396 g/mol. The number of nitrogens with one attached hydrogen (secondary N) is 1. The first-order valence-electron chi connectivity index (χ1n) is 8.39. The quantitative estimate of drug-likeness (QED) is 0.555. The summed E-state index contributed by atoms with van der Waals surface area (Å²) < 4.78 is 38.2. The largest absolute Gasteiger partial charge is 0.455 e. The van der Waals surface area contributed by atoms with Gasteiger partial charge in [0.25, 0.3) is 10.0 Å². The number of sulfonamides is 1. The van der Waals surface area contributed by atoms with Crippen LogP contribution < -0.4 is 14.8 Å². The van der Waals surface area contributed by atoms with E-state index in [2.05, 4.69) is 4.98 Å². The predicted molar refractivity (Wildman–Crippen MR) is 105 cm³/mol. The molecule has 3 aromatic carbocycles. The van der Waals surface area contributed by atoms with Crippen LogP contribution in [0.3, 0.4) is 0 Å². The second kappa shape index (κ2) is 6.90. The van der Waals surface area contributed by atoms with Crippen molar-refractivity contribution < 1.29 is 17.6 Å². The van der Waals surface area contributed by atoms with Crippen molar-refractivity contribution in [3.63, 3.8) is 0 Å². The number of ether oxygens (including phenoxy) is 1. The van der Waals surface area contributed by atoms with Crippen molar-refractivity contribution in [2.45, 2.75) is 4.90 Å². The summed E-state index contributed by atoms with van der Waals surface area (Å²) in [5, 5.41) is 0. The third kappa shape index (κ3) is 3.25. The minimum atomic E-state index is -3.91. The molecule has 4 rings (SSSR count). The van der Waals surface area contributed by atoms with Crippen molar-refractivity contribution in [3.05, 3.63) is 83.3 Å². The first-order valence-corrected chi connectivity index (χ1v) is 9.83. The summed E-state index contributed by atoms with van der Waals surface area (Å²) in [5.74, 6) is 0.352. The first-order chi connectivity index (χ1) is 13.4. The number of rotatable bonds is 5. The Morgan fingerprint density at radius 1 is 0.964 bits per heavy atom. The van der Waals surface area contributed by atoms with Crippen LogP contribution in [0, 0.1) is 0 Å². The van der Waals surface area contributed by atoms with Gasteiger partial charge in [-0.3, -0.25) is 9.29 Å². The molecule has 0 fully saturated rings. The molecule has 0 aliphatic heterocycles. The minimum Gasteiger partial charge on any atom is -0.455 e. The lowest BCUT2D eigenvalue weighted by Gasteiger charge is -2.22. The first kappa shape index (κ1) is 17.9. The molecule has 0 atom stereocenters. The minimum absolute atomic E-state index is 0.000218. The lowest BCUT2D eigenvalue weighted by Crippen LogP contribution is -2.26. The molecule has 0 amide bonds. The number of hydrogen-bond donors (Lipinski definition) is 1. The SMILES string of the molecule is CN(c1ccccc1Oc1ccccc1)S(=O)(=O)c1ccc2[nH]c(=O)oc2c1. The Balaban J connectivity index is 1.73. The molecule has 0 spiro atoms. The van der Waals surface area contributed by atoms with Gasteiger partial charge in [-0.1, -0.05) is 30.3 Å². The molecule has 7 nitrogen and oxygen atoms in total. The van der Waals surface area contributed by atoms with E-state index in [1.165, 1.54) is 25.2 Å². The van der Waals surface area contributed by atoms with Gasteiger partial charge in [-0.15, -0.1) is 0 Å². The Morgan fingerprint density at radius 3 is 2.46 bits per heavy atom. The fraction of sp³-hybridized carbons (Fsp3) is 0.0500. The molecule has 1 aromatic heterocycles. The lowest BCUT2D eigenvalue weighted by molar-refractivity contribution is 0.483. The van der Waals surface area contributed by atoms with Crippen LogP contribution in [0.15, 0.2) is 86.9 Å². The van der Waals surface area contributed by atoms with Gasteiger partial charge >= 0.3 is 5.76 Å². The molecule has 4 aromatic rings. The molecule has 0 saturated heterocycles. The highest BCUT2D eigenvalue weighted by Crippen LogP contribution is 2.34. The molecule has 8 heteroatoms. The van der Waals surface area contributed by atoms with Gasteiger partial charge in [0.1, 0.15) is 5.75 Å². The van der Waals surface area contributed by atoms with Crippen LogP contribution in [-0.2, 0) is 10.0 Å². The van der Waals surface area contributed by atoms with Crippen molar-refractivity contribution in [2.24, 2.45) is 0 Å². The average Bonchev–Trinajstić information content (AvgIpc) is 3.08. The highest BCUT2D eigenvalue weighted by Gasteiger charge is 2.25. The summed E-state index contributed by atoms with van der Waals surface area (Å²) >= 11 is 0. The average molecular weight is 396 g/mol. The zero-order valence-corrected chi connectivity index (χ0v) is 15.6. The van der Waals surface area contributed by atoms with Crippen LogP contribution in [0.1, 0.15) is 0 Å². The standard InChI is InChI=1S/C20H16N2O5S/c1-22(17-9-5-6-10-18(17)26-14-7-3-2-4-8-14)28(24,25)15-11-12-16-19(13-15)27-20(23)21-16/h2-13H,1H3,(H,21,23). The Labute approximate surface area is 160 Å². The summed E-state index contributed by atoms with van der Waals surface area (Å²) in [4.78, 5) is 13.8. The van der Waals surface area contributed by atoms with Crippen LogP contribution in [0.25, 0.3) is 11.1 Å². The summed E-state index contributed by atoms with van der Waals surface area (Å²) in [7, 11) is -2.47. The molecule has 0 aliphatic rings. The van der Waals surface area contributed by atoms with Gasteiger partial charge < -0.3 is 9.15 Å². The number of fused-ring (bicyclic) bond motifs is 1. The Kier molecular flexibility index (Phi) is 4.40. The third-order valence-electron chi connectivity index (χ3n) is 4.23. The van der Waals surface area contributed by atoms with Gasteiger partial charge in [-0.05, 0) is 36.4 Å². The fourth-order valence-corrected chi connectivity index (χ4v) is 4.01. The molecule has 0 saturated carbocycles. The molecule has 0 unspecified atom stereocenters. The van der Waals surface area contributed by atoms with E-state index in [0.717, 1.165) is 4.31 Å². The van der Waals surface area contributed by atoms with Crippen molar-refractivity contribution in [3.8, 4) is 11.5 Å². The maximum atomic E-state index is 13.1. The molecule has 0 aliphatic carbocycles. The maximum Gasteiger partial charge on any atom is 0.417 e. The second-order valence-electron chi connectivity index (χ2n) is 6.03. The Hall–Kier alpha value is -3.52. The molecule has 0 radical (unpaired) electrons. The van der Waals surface area contributed by atoms with Crippen molar-refractivity contribution in [2.75, 3.05) is 11.4 Å². The van der Waals surface area contributed by atoms with Gasteiger partial charge in [0.05, 0.1) is 16.1 Å². The summed E-state index contributed by atoms with van der Waals surface area (Å²) in [6, 6.07) is 20.2. The predicted octanol–water partition coefficient (Wildman–Crippen LogP) is 3.74. The highest BCUT2D eigenvalue weighted by atomic mass is 32.2. The van der Waals surface area contributed by atoms with Gasteiger partial charge in [0, 0.05) is 13.1 Å². The van der Waals surface area contributed by atoms with E-state index in [9.17, 15) is 13.2 Å². The number of oxazole rings is 1. The van der Waals surface area contributed by atoms with Crippen LogP contribution in [0.2, 0.25) is 0 Å².